The Balaban J connectivity index is 4.28. The Labute approximate surface area is 67.0 Å². The minimum atomic E-state index is -2.18. The number of aliphatic hydroxyl groups excluding tert-OH is 2. The van der Waals surface area contributed by atoms with Gasteiger partial charge >= 0.3 is 11.9 Å². The van der Waals surface area contributed by atoms with Crippen molar-refractivity contribution in [3.63, 3.8) is 0 Å². The van der Waals surface area contributed by atoms with E-state index in [1.807, 2.05) is 0 Å². The van der Waals surface area contributed by atoms with Crippen molar-refractivity contribution >= 4 is 11.9 Å². The summed E-state index contributed by atoms with van der Waals surface area (Å²) < 4.78 is 0. The first kappa shape index (κ1) is 10.8. The number of carboxylic acids is 2. The first-order chi connectivity index (χ1) is 5.37. The van der Waals surface area contributed by atoms with Crippen molar-refractivity contribution in [3.8, 4) is 0 Å². The zero-order valence-corrected chi connectivity index (χ0v) is 5.91. The number of nitrogens with two attached hydrogens (primary N) is 1. The number of hydrogen-bond acceptors (Lipinski definition) is 5. The van der Waals surface area contributed by atoms with E-state index in [1.54, 1.807) is 0 Å². The lowest BCUT2D eigenvalue weighted by Crippen LogP contribution is -2.50. The zero-order valence-electron chi connectivity index (χ0n) is 5.91. The Morgan fingerprint density at radius 3 is 1.75 bits per heavy atom. The van der Waals surface area contributed by atoms with E-state index in [9.17, 15) is 9.59 Å². The number of carbonyl (C=O) groups is 2. The van der Waals surface area contributed by atoms with Gasteiger partial charge in [-0.15, -0.1) is 0 Å². The third kappa shape index (κ3) is 2.46. The van der Waals surface area contributed by atoms with E-state index in [0.717, 1.165) is 0 Å². The van der Waals surface area contributed by atoms with Crippen LogP contribution in [0.15, 0.2) is 0 Å². The lowest BCUT2D eigenvalue weighted by molar-refractivity contribution is -0.156. The topological polar surface area (TPSA) is 141 Å². The highest BCUT2D eigenvalue weighted by Gasteiger charge is 2.32. The van der Waals surface area contributed by atoms with Gasteiger partial charge in [0.1, 0.15) is 12.1 Å². The molecule has 6 N–H and O–H groups in total. The summed E-state index contributed by atoms with van der Waals surface area (Å²) in [5.74, 6) is -3.30. The summed E-state index contributed by atoms with van der Waals surface area (Å²) in [5.41, 5.74) is 4.83. The van der Waals surface area contributed by atoms with Crippen LogP contribution in [0.2, 0.25) is 0 Å². The van der Waals surface area contributed by atoms with E-state index in [4.69, 9.17) is 26.2 Å². The summed E-state index contributed by atoms with van der Waals surface area (Å²) in [6, 6.07) is -1.81. The van der Waals surface area contributed by atoms with E-state index >= 15 is 0 Å². The normalized spacial score (nSPS) is 17.9. The second kappa shape index (κ2) is 4.00. The molecule has 7 heteroatoms. The monoisotopic (exact) mass is 179 g/mol. The summed E-state index contributed by atoms with van der Waals surface area (Å²) in [6.07, 6.45) is -4.20. The Bertz CT molecular complexity index is 172. The molecular weight excluding hydrogens is 170 g/mol. The highest BCUT2D eigenvalue weighted by atomic mass is 16.4. The molecule has 0 aliphatic heterocycles. The SMILES string of the molecule is N[C@H](C(=O)O)[C@@H](O)[C@@H](O)C(=O)O. The molecule has 0 amide bonds. The van der Waals surface area contributed by atoms with Crippen molar-refractivity contribution in [3.05, 3.63) is 0 Å². The molecule has 3 atom stereocenters. The van der Waals surface area contributed by atoms with Crippen LogP contribution in [-0.4, -0.2) is 50.6 Å². The van der Waals surface area contributed by atoms with Crippen LogP contribution in [0.3, 0.4) is 0 Å². The number of aliphatic carboxylic acids is 2. The Hall–Kier alpha value is -1.18. The van der Waals surface area contributed by atoms with Gasteiger partial charge in [0.2, 0.25) is 0 Å². The lowest BCUT2D eigenvalue weighted by atomic mass is 10.1. The molecule has 0 spiro atoms. The largest absolute Gasteiger partial charge is 0.480 e. The summed E-state index contributed by atoms with van der Waals surface area (Å²) in [4.78, 5) is 20.1. The second-order valence-corrected chi connectivity index (χ2v) is 2.14. The van der Waals surface area contributed by atoms with Crippen molar-refractivity contribution in [2.75, 3.05) is 0 Å². The van der Waals surface area contributed by atoms with Crippen LogP contribution in [0.5, 0.6) is 0 Å². The van der Waals surface area contributed by atoms with Crippen molar-refractivity contribution in [1.29, 1.82) is 0 Å². The number of aliphatic hydroxyl groups is 2. The minimum absolute atomic E-state index is 1.58. The van der Waals surface area contributed by atoms with E-state index in [-0.39, 0.29) is 0 Å². The van der Waals surface area contributed by atoms with Crippen molar-refractivity contribution < 1.29 is 30.0 Å². The van der Waals surface area contributed by atoms with E-state index < -0.39 is 30.2 Å². The molecule has 7 nitrogen and oxygen atoms in total. The Morgan fingerprint density at radius 2 is 1.50 bits per heavy atom. The predicted octanol–water partition coefficient (Wildman–Crippen LogP) is -2.80. The van der Waals surface area contributed by atoms with Gasteiger partial charge in [-0.05, 0) is 0 Å². The van der Waals surface area contributed by atoms with Crippen molar-refractivity contribution in [2.45, 2.75) is 18.2 Å². The summed E-state index contributed by atoms with van der Waals surface area (Å²) >= 11 is 0. The van der Waals surface area contributed by atoms with Crippen molar-refractivity contribution in [2.24, 2.45) is 5.73 Å². The summed E-state index contributed by atoms with van der Waals surface area (Å²) in [6.45, 7) is 0. The van der Waals surface area contributed by atoms with Gasteiger partial charge in [-0.25, -0.2) is 4.79 Å². The number of carboxylic acid groups (broad SMARTS) is 2. The first-order valence-electron chi connectivity index (χ1n) is 2.95. The van der Waals surface area contributed by atoms with Gasteiger partial charge in [-0.3, -0.25) is 4.79 Å². The molecule has 0 aliphatic rings. The van der Waals surface area contributed by atoms with Gasteiger partial charge in [0.25, 0.3) is 0 Å². The molecule has 0 saturated carbocycles. The fraction of sp³-hybridized carbons (Fsp3) is 0.600. The Kier molecular flexibility index (Phi) is 3.61. The molecule has 0 heterocycles. The quantitative estimate of drug-likeness (QED) is 0.314. The van der Waals surface area contributed by atoms with Crippen LogP contribution in [0, 0.1) is 0 Å². The third-order valence-corrected chi connectivity index (χ3v) is 1.23. The molecule has 0 aromatic carbocycles. The van der Waals surface area contributed by atoms with Crippen LogP contribution in [0.25, 0.3) is 0 Å². The van der Waals surface area contributed by atoms with Gasteiger partial charge in [-0.2, -0.15) is 0 Å². The molecule has 0 aromatic heterocycles. The van der Waals surface area contributed by atoms with Gasteiger partial charge in [0.05, 0.1) is 0 Å². The van der Waals surface area contributed by atoms with Gasteiger partial charge in [0, 0.05) is 0 Å². The maximum Gasteiger partial charge on any atom is 0.335 e. The molecule has 0 aliphatic carbocycles. The van der Waals surface area contributed by atoms with E-state index in [0.29, 0.717) is 0 Å². The van der Waals surface area contributed by atoms with Crippen LogP contribution in [-0.2, 0) is 9.59 Å². The van der Waals surface area contributed by atoms with Crippen LogP contribution >= 0.6 is 0 Å². The Morgan fingerprint density at radius 1 is 1.08 bits per heavy atom. The lowest BCUT2D eigenvalue weighted by Gasteiger charge is -2.16. The molecule has 0 rings (SSSR count). The highest BCUT2D eigenvalue weighted by molar-refractivity contribution is 5.78. The fourth-order valence-corrected chi connectivity index (χ4v) is 0.489. The second-order valence-electron chi connectivity index (χ2n) is 2.14. The van der Waals surface area contributed by atoms with Crippen LogP contribution < -0.4 is 5.73 Å². The fourth-order valence-electron chi connectivity index (χ4n) is 0.489. The van der Waals surface area contributed by atoms with Gasteiger partial charge < -0.3 is 26.2 Å². The standard InChI is InChI=1S/C5H9NO6/c6-1(4(9)10)2(7)3(8)5(11)12/h1-3,7-8H,6H2,(H,9,10)(H,11,12)/t1-,2+,3+/m0/s1. The highest BCUT2D eigenvalue weighted by Crippen LogP contribution is 1.98. The molecule has 0 fully saturated rings. The van der Waals surface area contributed by atoms with Gasteiger partial charge in [0.15, 0.2) is 6.10 Å². The average molecular weight is 179 g/mol. The maximum atomic E-state index is 10.1. The molecule has 70 valence electrons. The molecule has 0 unspecified atom stereocenters. The zero-order chi connectivity index (χ0) is 9.89. The van der Waals surface area contributed by atoms with Crippen LogP contribution in [0.4, 0.5) is 0 Å². The number of rotatable bonds is 4. The summed E-state index contributed by atoms with van der Waals surface area (Å²) in [5, 5.41) is 33.7. The molecular formula is C5H9NO6. The molecule has 0 bridgehead atoms. The predicted molar refractivity (Wildman–Crippen MR) is 35.3 cm³/mol. The maximum absolute atomic E-state index is 10.1. The van der Waals surface area contributed by atoms with Gasteiger partial charge in [-0.1, -0.05) is 0 Å². The first-order valence-corrected chi connectivity index (χ1v) is 2.95. The average Bonchev–Trinajstić information content (AvgIpc) is 2.00. The van der Waals surface area contributed by atoms with E-state index in [2.05, 4.69) is 0 Å². The van der Waals surface area contributed by atoms with Crippen LogP contribution in [0.1, 0.15) is 0 Å². The number of hydrogen-bond donors (Lipinski definition) is 5. The molecule has 0 radical (unpaired) electrons. The molecule has 0 aromatic rings. The molecule has 0 saturated heterocycles. The van der Waals surface area contributed by atoms with E-state index in [1.165, 1.54) is 0 Å². The molecule has 12 heavy (non-hydrogen) atoms. The third-order valence-electron chi connectivity index (χ3n) is 1.23. The van der Waals surface area contributed by atoms with Crippen molar-refractivity contribution in [1.82, 2.24) is 0 Å². The smallest absolute Gasteiger partial charge is 0.335 e. The minimum Gasteiger partial charge on any atom is -0.480 e. The summed E-state index contributed by atoms with van der Waals surface area (Å²) in [7, 11) is 0.